The normalized spacial score (nSPS) is 11.0. The monoisotopic (exact) mass is 283 g/mol. The van der Waals surface area contributed by atoms with Crippen molar-refractivity contribution in [1.29, 1.82) is 0 Å². The molecule has 0 aromatic heterocycles. The Kier molecular flexibility index (Phi) is 4.54. The maximum absolute atomic E-state index is 13.5. The van der Waals surface area contributed by atoms with Crippen molar-refractivity contribution >= 4 is 17.4 Å². The number of halogens is 1. The molecule has 0 bridgehead atoms. The first-order chi connectivity index (χ1) is 9.10. The van der Waals surface area contributed by atoms with E-state index in [1.807, 2.05) is 0 Å². The second kappa shape index (κ2) is 5.77. The predicted molar refractivity (Wildman–Crippen MR) is 67.8 cm³/mol. The number of nitrogens with zero attached hydrogens (tertiary/aromatic N) is 1. The first kappa shape index (κ1) is 15.7. The van der Waals surface area contributed by atoms with Gasteiger partial charge in [0.25, 0.3) is 5.69 Å². The third-order valence-corrected chi connectivity index (χ3v) is 2.19. The fraction of sp³-hybridized carbons (Fsp3) is 0.385. The fourth-order valence-corrected chi connectivity index (χ4v) is 1.44. The minimum absolute atomic E-state index is 0.418. The zero-order chi connectivity index (χ0) is 15.5. The van der Waals surface area contributed by atoms with E-state index >= 15 is 0 Å². The minimum atomic E-state index is -0.913. The summed E-state index contributed by atoms with van der Waals surface area (Å²) in [5.74, 6) is -2.59. The SMILES string of the molecule is CC(C)(C)OC(=O)CC(=O)c1cc([N+](=O)[O-])ccc1F. The molecule has 0 aliphatic carbocycles. The first-order valence-corrected chi connectivity index (χ1v) is 5.79. The van der Waals surface area contributed by atoms with Crippen LogP contribution in [0.15, 0.2) is 18.2 Å². The molecule has 0 fully saturated rings. The fourth-order valence-electron chi connectivity index (χ4n) is 1.44. The number of esters is 1. The second-order valence-corrected chi connectivity index (χ2v) is 5.11. The van der Waals surface area contributed by atoms with Crippen molar-refractivity contribution in [2.24, 2.45) is 0 Å². The summed E-state index contributed by atoms with van der Waals surface area (Å²) in [7, 11) is 0. The molecule has 0 N–H and O–H groups in total. The van der Waals surface area contributed by atoms with Gasteiger partial charge in [-0.3, -0.25) is 19.7 Å². The van der Waals surface area contributed by atoms with Crippen molar-refractivity contribution in [2.75, 3.05) is 0 Å². The summed E-state index contributed by atoms with van der Waals surface area (Å²) < 4.78 is 18.4. The number of rotatable bonds is 4. The Morgan fingerprint density at radius 1 is 1.35 bits per heavy atom. The molecule has 0 unspecified atom stereocenters. The van der Waals surface area contributed by atoms with Gasteiger partial charge in [0, 0.05) is 12.1 Å². The van der Waals surface area contributed by atoms with Gasteiger partial charge in [0.2, 0.25) is 0 Å². The van der Waals surface area contributed by atoms with Gasteiger partial charge >= 0.3 is 5.97 Å². The molecule has 0 saturated carbocycles. The van der Waals surface area contributed by atoms with Gasteiger partial charge in [0.15, 0.2) is 5.78 Å². The molecule has 0 heterocycles. The van der Waals surface area contributed by atoms with E-state index in [2.05, 4.69) is 0 Å². The molecule has 1 rings (SSSR count). The third-order valence-electron chi connectivity index (χ3n) is 2.19. The Morgan fingerprint density at radius 2 is 1.95 bits per heavy atom. The standard InChI is InChI=1S/C13H14FNO5/c1-13(2,3)20-12(17)7-11(16)9-6-8(15(18)19)4-5-10(9)14/h4-6H,7H2,1-3H3. The van der Waals surface area contributed by atoms with Crippen LogP contribution in [-0.2, 0) is 9.53 Å². The van der Waals surface area contributed by atoms with Crippen LogP contribution in [0.25, 0.3) is 0 Å². The number of carbonyl (C=O) groups excluding carboxylic acids is 2. The van der Waals surface area contributed by atoms with Gasteiger partial charge in [-0.25, -0.2) is 4.39 Å². The van der Waals surface area contributed by atoms with E-state index in [0.29, 0.717) is 0 Å². The van der Waals surface area contributed by atoms with Crippen LogP contribution in [0.5, 0.6) is 0 Å². The van der Waals surface area contributed by atoms with Crippen LogP contribution >= 0.6 is 0 Å². The Morgan fingerprint density at radius 3 is 2.45 bits per heavy atom. The lowest BCUT2D eigenvalue weighted by Crippen LogP contribution is -2.25. The lowest BCUT2D eigenvalue weighted by Gasteiger charge is -2.19. The van der Waals surface area contributed by atoms with Crippen LogP contribution < -0.4 is 0 Å². The second-order valence-electron chi connectivity index (χ2n) is 5.11. The van der Waals surface area contributed by atoms with Gasteiger partial charge in [-0.2, -0.15) is 0 Å². The van der Waals surface area contributed by atoms with Gasteiger partial charge in [-0.05, 0) is 26.8 Å². The van der Waals surface area contributed by atoms with Crippen molar-refractivity contribution in [3.63, 3.8) is 0 Å². The molecule has 0 spiro atoms. The van der Waals surface area contributed by atoms with Crippen molar-refractivity contribution in [3.8, 4) is 0 Å². The van der Waals surface area contributed by atoms with Crippen molar-refractivity contribution in [1.82, 2.24) is 0 Å². The van der Waals surface area contributed by atoms with Gasteiger partial charge in [-0.15, -0.1) is 0 Å². The lowest BCUT2D eigenvalue weighted by molar-refractivity contribution is -0.384. The maximum Gasteiger partial charge on any atom is 0.314 e. The van der Waals surface area contributed by atoms with E-state index in [-0.39, 0.29) is 0 Å². The number of nitro benzene ring substituents is 1. The summed E-state index contributed by atoms with van der Waals surface area (Å²) >= 11 is 0. The van der Waals surface area contributed by atoms with Crippen LogP contribution in [0.1, 0.15) is 37.6 Å². The van der Waals surface area contributed by atoms with Crippen LogP contribution in [0.2, 0.25) is 0 Å². The van der Waals surface area contributed by atoms with Gasteiger partial charge < -0.3 is 4.74 Å². The third kappa shape index (κ3) is 4.42. The molecule has 0 atom stereocenters. The lowest BCUT2D eigenvalue weighted by atomic mass is 10.1. The quantitative estimate of drug-likeness (QED) is 0.279. The molecule has 108 valence electrons. The molecular weight excluding hydrogens is 269 g/mol. The van der Waals surface area contributed by atoms with Crippen LogP contribution in [-0.4, -0.2) is 22.3 Å². The molecule has 0 aliphatic rings. The Hall–Kier alpha value is -2.31. The van der Waals surface area contributed by atoms with Gasteiger partial charge in [0.1, 0.15) is 17.8 Å². The average molecular weight is 283 g/mol. The zero-order valence-electron chi connectivity index (χ0n) is 11.3. The number of benzene rings is 1. The molecule has 0 radical (unpaired) electrons. The highest BCUT2D eigenvalue weighted by molar-refractivity contribution is 6.06. The number of nitro groups is 1. The number of ketones is 1. The maximum atomic E-state index is 13.5. The van der Waals surface area contributed by atoms with E-state index in [4.69, 9.17) is 4.74 Å². The molecular formula is C13H14FNO5. The average Bonchev–Trinajstić information content (AvgIpc) is 2.26. The highest BCUT2D eigenvalue weighted by Gasteiger charge is 2.23. The predicted octanol–water partition coefficient (Wildman–Crippen LogP) is 2.65. The van der Waals surface area contributed by atoms with E-state index in [1.54, 1.807) is 20.8 Å². The summed E-state index contributed by atoms with van der Waals surface area (Å²) in [5, 5.41) is 10.6. The van der Waals surface area contributed by atoms with Gasteiger partial charge in [0.05, 0.1) is 10.5 Å². The summed E-state index contributed by atoms with van der Waals surface area (Å²) in [6, 6.07) is 2.57. The van der Waals surface area contributed by atoms with E-state index in [9.17, 15) is 24.1 Å². The minimum Gasteiger partial charge on any atom is -0.460 e. The van der Waals surface area contributed by atoms with Crippen LogP contribution in [0.4, 0.5) is 10.1 Å². The topological polar surface area (TPSA) is 86.5 Å². The smallest absolute Gasteiger partial charge is 0.314 e. The highest BCUT2D eigenvalue weighted by atomic mass is 19.1. The van der Waals surface area contributed by atoms with Gasteiger partial charge in [-0.1, -0.05) is 0 Å². The zero-order valence-corrected chi connectivity index (χ0v) is 11.3. The molecule has 7 heteroatoms. The van der Waals surface area contributed by atoms with Crippen molar-refractivity contribution < 1.29 is 23.6 Å². The summed E-state index contributed by atoms with van der Waals surface area (Å²) in [4.78, 5) is 33.1. The first-order valence-electron chi connectivity index (χ1n) is 5.79. The molecule has 1 aromatic carbocycles. The van der Waals surface area contributed by atoms with Crippen LogP contribution in [0, 0.1) is 15.9 Å². The molecule has 20 heavy (non-hydrogen) atoms. The Balaban J connectivity index is 2.90. The molecule has 0 aliphatic heterocycles. The Bertz CT molecular complexity index is 562. The molecule has 0 saturated heterocycles. The highest BCUT2D eigenvalue weighted by Crippen LogP contribution is 2.19. The molecule has 1 aromatic rings. The number of carbonyl (C=O) groups is 2. The van der Waals surface area contributed by atoms with E-state index < -0.39 is 45.8 Å². The van der Waals surface area contributed by atoms with E-state index in [1.165, 1.54) is 0 Å². The molecule has 6 nitrogen and oxygen atoms in total. The summed E-state index contributed by atoms with van der Waals surface area (Å²) in [6.45, 7) is 4.88. The number of hydrogen-bond acceptors (Lipinski definition) is 5. The molecule has 0 amide bonds. The number of non-ortho nitro benzene ring substituents is 1. The van der Waals surface area contributed by atoms with Crippen molar-refractivity contribution in [2.45, 2.75) is 32.8 Å². The summed E-state index contributed by atoms with van der Waals surface area (Å²) in [5.41, 5.74) is -1.68. The number of Topliss-reactive ketones (excluding diaryl/α,β-unsaturated/α-hetero) is 1. The largest absolute Gasteiger partial charge is 0.460 e. The van der Waals surface area contributed by atoms with Crippen LogP contribution in [0.3, 0.4) is 0 Å². The number of ether oxygens (including phenoxy) is 1. The summed E-state index contributed by atoms with van der Waals surface area (Å²) in [6.07, 6.45) is -0.671. The Labute approximate surface area is 114 Å². The van der Waals surface area contributed by atoms with Crippen molar-refractivity contribution in [3.05, 3.63) is 39.7 Å². The number of hydrogen-bond donors (Lipinski definition) is 0. The van der Waals surface area contributed by atoms with E-state index in [0.717, 1.165) is 18.2 Å².